The number of ether oxygens (including phenoxy) is 1. The number of hydrogen-bond acceptors (Lipinski definition) is 8. The van der Waals surface area contributed by atoms with Gasteiger partial charge in [-0.05, 0) is 44.3 Å². The van der Waals surface area contributed by atoms with Crippen LogP contribution in [0.1, 0.15) is 36.9 Å². The van der Waals surface area contributed by atoms with E-state index in [1.54, 1.807) is 0 Å². The number of benzene rings is 2. The van der Waals surface area contributed by atoms with Crippen LogP contribution < -0.4 is 19.9 Å². The molecule has 1 N–H and O–H groups in total. The van der Waals surface area contributed by atoms with E-state index in [1.165, 1.54) is 34.9 Å². The van der Waals surface area contributed by atoms with Crippen LogP contribution in [0.25, 0.3) is 10.8 Å². The van der Waals surface area contributed by atoms with Gasteiger partial charge in [-0.2, -0.15) is 15.2 Å². The quantitative estimate of drug-likeness (QED) is 0.536. The number of rotatable bonds is 6. The smallest absolute Gasteiger partial charge is 0.318 e. The molecule has 2 saturated heterocycles. The topological polar surface area (TPSA) is 80.5 Å². The number of piperidine rings is 1. The van der Waals surface area contributed by atoms with Crippen LogP contribution >= 0.6 is 0 Å². The van der Waals surface area contributed by atoms with Crippen LogP contribution in [0.5, 0.6) is 6.01 Å². The SMILES string of the molecule is CN1CCCC[C@H]1COc1nc2c(c(N3CCN[C@@H](CC#N)C3)n1)CCN(c1cccc3ccccc13)C2. The molecule has 0 bridgehead atoms. The number of nitrogens with zero attached hydrogens (tertiary/aromatic N) is 6. The molecule has 8 nitrogen and oxygen atoms in total. The Kier molecular flexibility index (Phi) is 7.30. The van der Waals surface area contributed by atoms with E-state index < -0.39 is 0 Å². The summed E-state index contributed by atoms with van der Waals surface area (Å²) in [4.78, 5) is 17.2. The van der Waals surface area contributed by atoms with Crippen molar-refractivity contribution in [1.29, 1.82) is 5.26 Å². The first kappa shape index (κ1) is 24.9. The van der Waals surface area contributed by atoms with E-state index in [9.17, 15) is 5.26 Å². The second-order valence-corrected chi connectivity index (χ2v) is 10.8. The van der Waals surface area contributed by atoms with Crippen molar-refractivity contribution in [3.05, 3.63) is 53.7 Å². The van der Waals surface area contributed by atoms with Crippen LogP contribution in [-0.2, 0) is 13.0 Å². The van der Waals surface area contributed by atoms with E-state index in [2.05, 4.69) is 75.6 Å². The van der Waals surface area contributed by atoms with Crippen molar-refractivity contribution in [2.24, 2.45) is 0 Å². The van der Waals surface area contributed by atoms with Gasteiger partial charge in [-0.15, -0.1) is 0 Å². The Labute approximate surface area is 225 Å². The lowest BCUT2D eigenvalue weighted by Gasteiger charge is -2.37. The van der Waals surface area contributed by atoms with Gasteiger partial charge in [0.2, 0.25) is 0 Å². The molecular weight excluding hydrogens is 474 g/mol. The van der Waals surface area contributed by atoms with E-state index in [4.69, 9.17) is 14.7 Å². The molecule has 0 spiro atoms. The zero-order valence-corrected chi connectivity index (χ0v) is 22.3. The third kappa shape index (κ3) is 5.13. The van der Waals surface area contributed by atoms with E-state index >= 15 is 0 Å². The Morgan fingerprint density at radius 3 is 2.84 bits per heavy atom. The summed E-state index contributed by atoms with van der Waals surface area (Å²) in [7, 11) is 2.18. The van der Waals surface area contributed by atoms with Crippen molar-refractivity contribution in [3.63, 3.8) is 0 Å². The number of nitriles is 1. The molecule has 2 atom stereocenters. The lowest BCUT2D eigenvalue weighted by molar-refractivity contribution is 0.119. The fourth-order valence-corrected chi connectivity index (χ4v) is 6.19. The number of fused-ring (bicyclic) bond motifs is 2. The fraction of sp³-hybridized carbons (Fsp3) is 0.500. The predicted octanol–water partition coefficient (Wildman–Crippen LogP) is 3.75. The van der Waals surface area contributed by atoms with Gasteiger partial charge in [-0.25, -0.2) is 0 Å². The summed E-state index contributed by atoms with van der Waals surface area (Å²) in [5.41, 5.74) is 3.52. The molecule has 0 amide bonds. The van der Waals surface area contributed by atoms with Gasteiger partial charge >= 0.3 is 6.01 Å². The highest BCUT2D eigenvalue weighted by Gasteiger charge is 2.29. The van der Waals surface area contributed by atoms with Crippen LogP contribution in [0, 0.1) is 11.3 Å². The fourth-order valence-electron chi connectivity index (χ4n) is 6.19. The van der Waals surface area contributed by atoms with Crippen molar-refractivity contribution in [2.75, 3.05) is 56.2 Å². The second-order valence-electron chi connectivity index (χ2n) is 10.8. The van der Waals surface area contributed by atoms with Crippen LogP contribution in [0.3, 0.4) is 0 Å². The molecule has 6 rings (SSSR count). The minimum Gasteiger partial charge on any atom is -0.462 e. The number of aromatic nitrogens is 2. The van der Waals surface area contributed by atoms with Gasteiger partial charge in [0.05, 0.1) is 24.7 Å². The molecule has 1 aromatic heterocycles. The number of likely N-dealkylation sites (N-methyl/N-ethyl adjacent to an activating group) is 1. The largest absolute Gasteiger partial charge is 0.462 e. The van der Waals surface area contributed by atoms with Gasteiger partial charge in [0.25, 0.3) is 0 Å². The molecule has 3 aliphatic rings. The Bertz CT molecular complexity index is 1320. The second kappa shape index (κ2) is 11.1. The van der Waals surface area contributed by atoms with Crippen molar-refractivity contribution in [1.82, 2.24) is 20.2 Å². The molecule has 0 saturated carbocycles. The standard InChI is InChI=1S/C30H37N7O/c1-35-16-5-4-9-24(35)21-38-30-33-27-20-36(28-11-6-8-22-7-2-3-10-25(22)28)17-13-26(27)29(34-30)37-18-15-32-23(19-37)12-14-31/h2-3,6-8,10-11,23-24,32H,4-5,9,12-13,15-21H2,1H3/t23-,24-/m0/s1. The van der Waals surface area contributed by atoms with Crippen molar-refractivity contribution in [3.8, 4) is 12.1 Å². The van der Waals surface area contributed by atoms with Crippen molar-refractivity contribution < 1.29 is 4.74 Å². The molecule has 0 aliphatic carbocycles. The van der Waals surface area contributed by atoms with Crippen LogP contribution in [0.4, 0.5) is 11.5 Å². The van der Waals surface area contributed by atoms with Crippen LogP contribution in [0.15, 0.2) is 42.5 Å². The summed E-state index contributed by atoms with van der Waals surface area (Å²) in [6, 6.07) is 18.5. The van der Waals surface area contributed by atoms with Gasteiger partial charge in [-0.1, -0.05) is 42.8 Å². The number of piperazine rings is 1. The summed E-state index contributed by atoms with van der Waals surface area (Å²) in [5, 5.41) is 15.3. The van der Waals surface area contributed by atoms with E-state index in [0.717, 1.165) is 63.6 Å². The molecule has 38 heavy (non-hydrogen) atoms. The highest BCUT2D eigenvalue weighted by atomic mass is 16.5. The first-order chi connectivity index (χ1) is 18.7. The summed E-state index contributed by atoms with van der Waals surface area (Å²) in [6.07, 6.45) is 5.03. The number of likely N-dealkylation sites (tertiary alicyclic amines) is 1. The van der Waals surface area contributed by atoms with Crippen LogP contribution in [0.2, 0.25) is 0 Å². The third-order valence-corrected chi connectivity index (χ3v) is 8.35. The summed E-state index contributed by atoms with van der Waals surface area (Å²) in [6.45, 7) is 5.85. The number of nitrogens with one attached hydrogen (secondary N) is 1. The van der Waals surface area contributed by atoms with E-state index in [1.807, 2.05) is 0 Å². The molecule has 3 aliphatic heterocycles. The Morgan fingerprint density at radius 1 is 1.05 bits per heavy atom. The van der Waals surface area contributed by atoms with Crippen LogP contribution in [-0.4, -0.2) is 73.3 Å². The van der Waals surface area contributed by atoms with Gasteiger partial charge in [-0.3, -0.25) is 0 Å². The van der Waals surface area contributed by atoms with E-state index in [-0.39, 0.29) is 6.04 Å². The minimum absolute atomic E-state index is 0.149. The molecular formula is C30H37N7O. The predicted molar refractivity (Wildman–Crippen MR) is 151 cm³/mol. The first-order valence-corrected chi connectivity index (χ1v) is 14.0. The van der Waals surface area contributed by atoms with Crippen molar-refractivity contribution >= 4 is 22.3 Å². The third-order valence-electron chi connectivity index (χ3n) is 8.35. The molecule has 2 fully saturated rings. The van der Waals surface area contributed by atoms with Gasteiger partial charge < -0.3 is 24.8 Å². The number of hydrogen-bond donors (Lipinski definition) is 1. The molecule has 198 valence electrons. The van der Waals surface area contributed by atoms with E-state index in [0.29, 0.717) is 25.1 Å². The lowest BCUT2D eigenvalue weighted by Crippen LogP contribution is -2.51. The summed E-state index contributed by atoms with van der Waals surface area (Å²) in [5.74, 6) is 0.990. The van der Waals surface area contributed by atoms with Gasteiger partial charge in [0.15, 0.2) is 0 Å². The minimum atomic E-state index is 0.149. The average molecular weight is 512 g/mol. The normalized spacial score (nSPS) is 22.2. The zero-order chi connectivity index (χ0) is 25.9. The Morgan fingerprint density at radius 2 is 1.95 bits per heavy atom. The van der Waals surface area contributed by atoms with Crippen molar-refractivity contribution in [2.45, 2.75) is 50.7 Å². The monoisotopic (exact) mass is 511 g/mol. The van der Waals surface area contributed by atoms with Gasteiger partial charge in [0, 0.05) is 54.9 Å². The molecule has 0 radical (unpaired) electrons. The molecule has 0 unspecified atom stereocenters. The maximum atomic E-state index is 9.28. The zero-order valence-electron chi connectivity index (χ0n) is 22.3. The maximum Gasteiger partial charge on any atom is 0.318 e. The lowest BCUT2D eigenvalue weighted by atomic mass is 10.0. The summed E-state index contributed by atoms with van der Waals surface area (Å²) >= 11 is 0. The highest BCUT2D eigenvalue weighted by molar-refractivity contribution is 5.94. The Balaban J connectivity index is 1.31. The Hall–Kier alpha value is -3.41. The molecule has 2 aromatic carbocycles. The first-order valence-electron chi connectivity index (χ1n) is 14.0. The molecule has 3 aromatic rings. The average Bonchev–Trinajstić information content (AvgIpc) is 2.96. The van der Waals surface area contributed by atoms with Gasteiger partial charge in [0.1, 0.15) is 12.4 Å². The summed E-state index contributed by atoms with van der Waals surface area (Å²) < 4.78 is 6.32. The maximum absolute atomic E-state index is 9.28. The number of anilines is 2. The highest BCUT2D eigenvalue weighted by Crippen LogP contribution is 2.34. The molecule has 4 heterocycles. The molecule has 8 heteroatoms.